The van der Waals surface area contributed by atoms with Gasteiger partial charge in [-0.1, -0.05) is 30.7 Å². The predicted octanol–water partition coefficient (Wildman–Crippen LogP) is 3.36. The second-order valence-corrected chi connectivity index (χ2v) is 11.9. The van der Waals surface area contributed by atoms with E-state index in [4.69, 9.17) is 16.3 Å². The highest BCUT2D eigenvalue weighted by Crippen LogP contribution is 2.34. The zero-order valence-corrected chi connectivity index (χ0v) is 21.3. The Morgan fingerprint density at radius 2 is 2.00 bits per heavy atom. The summed E-state index contributed by atoms with van der Waals surface area (Å²) in [7, 11) is -1.98. The van der Waals surface area contributed by atoms with Gasteiger partial charge in [0.25, 0.3) is 5.91 Å². The first kappa shape index (κ1) is 25.0. The number of amides is 1. The number of sulfonamides is 1. The molecule has 1 amide bonds. The molecule has 1 saturated carbocycles. The lowest BCUT2D eigenvalue weighted by atomic mass is 10.00. The summed E-state index contributed by atoms with van der Waals surface area (Å²) in [6, 6.07) is 13.0. The van der Waals surface area contributed by atoms with Gasteiger partial charge < -0.3 is 15.4 Å². The van der Waals surface area contributed by atoms with Crippen molar-refractivity contribution < 1.29 is 17.9 Å². The van der Waals surface area contributed by atoms with Crippen LogP contribution < -0.4 is 14.9 Å². The maximum atomic E-state index is 13.3. The number of hydrogen-bond acceptors (Lipinski definition) is 5. The van der Waals surface area contributed by atoms with Crippen molar-refractivity contribution in [1.82, 2.24) is 10.6 Å². The van der Waals surface area contributed by atoms with Crippen LogP contribution in [-0.2, 0) is 27.8 Å². The number of halogens is 1. The molecule has 2 aliphatic rings. The smallest absolute Gasteiger partial charge is 0.251 e. The van der Waals surface area contributed by atoms with Crippen LogP contribution in [0.15, 0.2) is 42.5 Å². The fraction of sp³-hybridized carbons (Fsp3) is 0.480. The van der Waals surface area contributed by atoms with Crippen molar-refractivity contribution in [3.8, 4) is 0 Å². The van der Waals surface area contributed by atoms with Crippen molar-refractivity contribution in [3.63, 3.8) is 0 Å². The first-order valence-corrected chi connectivity index (χ1v) is 13.8. The highest BCUT2D eigenvalue weighted by Gasteiger charge is 2.33. The van der Waals surface area contributed by atoms with E-state index in [1.54, 1.807) is 18.2 Å². The summed E-state index contributed by atoms with van der Waals surface area (Å²) in [5.41, 5.74) is 2.75. The third kappa shape index (κ3) is 6.30. The fourth-order valence-electron chi connectivity index (χ4n) is 4.31. The SMILES string of the molecule is CC1CC1OCc1cc(C(=O)N[C@@H]2CCN[C@@H]2Cc2cccc(Cl)c2)cc(N(C)S(C)(=O)=O)c1. The summed E-state index contributed by atoms with van der Waals surface area (Å²) in [5.74, 6) is 0.311. The summed E-state index contributed by atoms with van der Waals surface area (Å²) < 4.78 is 31.4. The Morgan fingerprint density at radius 3 is 2.68 bits per heavy atom. The van der Waals surface area contributed by atoms with Gasteiger partial charge in [0.2, 0.25) is 10.0 Å². The molecule has 2 unspecified atom stereocenters. The van der Waals surface area contributed by atoms with Gasteiger partial charge >= 0.3 is 0 Å². The van der Waals surface area contributed by atoms with E-state index in [-0.39, 0.29) is 24.1 Å². The second-order valence-electron chi connectivity index (χ2n) is 9.44. The van der Waals surface area contributed by atoms with Crippen LogP contribution in [0.2, 0.25) is 5.02 Å². The van der Waals surface area contributed by atoms with Gasteiger partial charge in [0.15, 0.2) is 0 Å². The van der Waals surface area contributed by atoms with Crippen LogP contribution in [0.5, 0.6) is 0 Å². The molecule has 2 N–H and O–H groups in total. The van der Waals surface area contributed by atoms with Crippen LogP contribution in [0.25, 0.3) is 0 Å². The molecule has 2 aromatic rings. The molecule has 0 bridgehead atoms. The second kappa shape index (κ2) is 10.2. The number of rotatable bonds is 9. The van der Waals surface area contributed by atoms with Gasteiger partial charge in [0.05, 0.1) is 24.7 Å². The number of hydrogen-bond donors (Lipinski definition) is 2. The van der Waals surface area contributed by atoms with Crippen molar-refractivity contribution in [2.45, 2.75) is 51.0 Å². The minimum Gasteiger partial charge on any atom is -0.373 e. The zero-order chi connectivity index (χ0) is 24.5. The van der Waals surface area contributed by atoms with E-state index >= 15 is 0 Å². The Labute approximate surface area is 206 Å². The normalized spacial score (nSPS) is 24.1. The molecule has 34 heavy (non-hydrogen) atoms. The molecular weight excluding hydrogens is 474 g/mol. The molecule has 9 heteroatoms. The van der Waals surface area contributed by atoms with E-state index in [1.165, 1.54) is 11.4 Å². The van der Waals surface area contributed by atoms with Gasteiger partial charge in [0, 0.05) is 29.7 Å². The van der Waals surface area contributed by atoms with Crippen LogP contribution in [-0.4, -0.2) is 52.4 Å². The first-order valence-electron chi connectivity index (χ1n) is 11.6. The quantitative estimate of drug-likeness (QED) is 0.545. The molecule has 184 valence electrons. The van der Waals surface area contributed by atoms with Gasteiger partial charge in [-0.15, -0.1) is 0 Å². The van der Waals surface area contributed by atoms with Crippen molar-refractivity contribution in [2.75, 3.05) is 24.2 Å². The van der Waals surface area contributed by atoms with Gasteiger partial charge in [-0.2, -0.15) is 0 Å². The number of carbonyl (C=O) groups excluding carboxylic acids is 1. The average Bonchev–Trinajstić information content (AvgIpc) is 3.33. The summed E-state index contributed by atoms with van der Waals surface area (Å²) >= 11 is 6.13. The predicted molar refractivity (Wildman–Crippen MR) is 135 cm³/mol. The van der Waals surface area contributed by atoms with E-state index in [9.17, 15) is 13.2 Å². The summed E-state index contributed by atoms with van der Waals surface area (Å²) in [6.07, 6.45) is 3.97. The van der Waals surface area contributed by atoms with Crippen LogP contribution >= 0.6 is 11.6 Å². The third-order valence-corrected chi connectivity index (χ3v) is 8.05. The lowest BCUT2D eigenvalue weighted by Crippen LogP contribution is -2.44. The monoisotopic (exact) mass is 505 g/mol. The van der Waals surface area contributed by atoms with E-state index in [0.29, 0.717) is 28.8 Å². The molecule has 1 aliphatic heterocycles. The van der Waals surface area contributed by atoms with Gasteiger partial charge in [-0.3, -0.25) is 9.10 Å². The third-order valence-electron chi connectivity index (χ3n) is 6.61. The highest BCUT2D eigenvalue weighted by atomic mass is 35.5. The average molecular weight is 506 g/mol. The van der Waals surface area contributed by atoms with Crippen molar-refractivity contribution in [3.05, 3.63) is 64.2 Å². The standard InChI is InChI=1S/C25H32ClN3O4S/c1-16-9-24(16)33-15-18-10-19(14-21(12-18)29(2)34(3,31)32)25(30)28-22-7-8-27-23(22)13-17-5-4-6-20(26)11-17/h4-6,10-12,14,16,22-24,27H,7-9,13,15H2,1-3H3,(H,28,30)/t16?,22-,23-,24?/m1/s1. The minimum absolute atomic E-state index is 0.0465. The maximum Gasteiger partial charge on any atom is 0.251 e. The van der Waals surface area contributed by atoms with Crippen LogP contribution in [0.3, 0.4) is 0 Å². The maximum absolute atomic E-state index is 13.3. The molecule has 1 heterocycles. The number of nitrogens with zero attached hydrogens (tertiary/aromatic N) is 1. The van der Waals surface area contributed by atoms with E-state index in [0.717, 1.165) is 43.2 Å². The van der Waals surface area contributed by atoms with Crippen LogP contribution in [0, 0.1) is 5.92 Å². The number of carbonyl (C=O) groups is 1. The highest BCUT2D eigenvalue weighted by molar-refractivity contribution is 7.92. The molecule has 1 aliphatic carbocycles. The number of benzene rings is 2. The first-order chi connectivity index (χ1) is 16.1. The summed E-state index contributed by atoms with van der Waals surface area (Å²) in [4.78, 5) is 13.3. The Kier molecular flexibility index (Phi) is 7.52. The summed E-state index contributed by atoms with van der Waals surface area (Å²) in [6.45, 7) is 3.28. The molecule has 7 nitrogen and oxygen atoms in total. The fourth-order valence-corrected chi connectivity index (χ4v) is 5.01. The van der Waals surface area contributed by atoms with Gasteiger partial charge in [-0.05, 0) is 73.2 Å². The Balaban J connectivity index is 1.51. The number of anilines is 1. The molecule has 0 spiro atoms. The molecule has 2 fully saturated rings. The molecule has 0 aromatic heterocycles. The van der Waals surface area contributed by atoms with Crippen molar-refractivity contribution in [2.24, 2.45) is 5.92 Å². The van der Waals surface area contributed by atoms with Gasteiger partial charge in [0.1, 0.15) is 0 Å². The van der Waals surface area contributed by atoms with Gasteiger partial charge in [-0.25, -0.2) is 8.42 Å². The molecule has 2 aromatic carbocycles. The Hall–Kier alpha value is -2.13. The number of ether oxygens (including phenoxy) is 1. The molecule has 4 rings (SSSR count). The minimum atomic E-state index is -3.47. The van der Waals surface area contributed by atoms with Crippen LogP contribution in [0.1, 0.15) is 41.3 Å². The molecular formula is C25H32ClN3O4S. The van der Waals surface area contributed by atoms with Crippen molar-refractivity contribution in [1.29, 1.82) is 0 Å². The largest absolute Gasteiger partial charge is 0.373 e. The Morgan fingerprint density at radius 1 is 1.24 bits per heavy atom. The molecule has 0 radical (unpaired) electrons. The Bertz CT molecular complexity index is 1160. The van der Waals surface area contributed by atoms with Crippen LogP contribution in [0.4, 0.5) is 5.69 Å². The molecule has 4 atom stereocenters. The molecule has 1 saturated heterocycles. The number of nitrogens with one attached hydrogen (secondary N) is 2. The van der Waals surface area contributed by atoms with E-state index in [1.807, 2.05) is 24.3 Å². The topological polar surface area (TPSA) is 87.7 Å². The lowest BCUT2D eigenvalue weighted by molar-refractivity contribution is 0.0929. The van der Waals surface area contributed by atoms with Crippen molar-refractivity contribution >= 4 is 33.2 Å². The summed E-state index contributed by atoms with van der Waals surface area (Å²) in [5, 5.41) is 7.32. The lowest BCUT2D eigenvalue weighted by Gasteiger charge is -2.22. The van der Waals surface area contributed by atoms with E-state index in [2.05, 4.69) is 17.6 Å². The zero-order valence-electron chi connectivity index (χ0n) is 19.8. The van der Waals surface area contributed by atoms with E-state index < -0.39 is 10.0 Å².